The summed E-state index contributed by atoms with van der Waals surface area (Å²) in [6, 6.07) is 5.03. The van der Waals surface area contributed by atoms with Crippen LogP contribution in [-0.2, 0) is 0 Å². The van der Waals surface area contributed by atoms with E-state index in [4.69, 9.17) is 5.73 Å². The SMILES string of the molecule is CC(F)(CN)C(O)c1ccc(F)cc1. The molecule has 0 aliphatic heterocycles. The first-order valence-electron chi connectivity index (χ1n) is 4.30. The molecule has 1 rings (SSSR count). The first-order chi connectivity index (χ1) is 6.47. The summed E-state index contributed by atoms with van der Waals surface area (Å²) >= 11 is 0. The predicted octanol–water partition coefficient (Wildman–Crippen LogP) is 1.55. The third-order valence-electron chi connectivity index (χ3n) is 2.16. The minimum absolute atomic E-state index is 0.286. The van der Waals surface area contributed by atoms with Gasteiger partial charge in [0.05, 0.1) is 0 Å². The van der Waals surface area contributed by atoms with E-state index in [1.54, 1.807) is 0 Å². The summed E-state index contributed by atoms with van der Waals surface area (Å²) in [7, 11) is 0. The second kappa shape index (κ2) is 4.02. The van der Waals surface area contributed by atoms with E-state index < -0.39 is 17.6 Å². The minimum atomic E-state index is -1.89. The Kier molecular flexibility index (Phi) is 3.18. The van der Waals surface area contributed by atoms with Crippen molar-refractivity contribution in [3.63, 3.8) is 0 Å². The molecule has 2 unspecified atom stereocenters. The van der Waals surface area contributed by atoms with Crippen molar-refractivity contribution in [3.05, 3.63) is 35.6 Å². The van der Waals surface area contributed by atoms with Crippen LogP contribution in [0.1, 0.15) is 18.6 Å². The highest BCUT2D eigenvalue weighted by molar-refractivity contribution is 5.21. The lowest BCUT2D eigenvalue weighted by Crippen LogP contribution is -2.36. The Morgan fingerprint density at radius 2 is 1.93 bits per heavy atom. The van der Waals surface area contributed by atoms with Gasteiger partial charge in [-0.05, 0) is 24.6 Å². The molecule has 0 aliphatic carbocycles. The molecule has 0 aliphatic rings. The van der Waals surface area contributed by atoms with Gasteiger partial charge in [0.15, 0.2) is 0 Å². The molecule has 0 radical (unpaired) electrons. The highest BCUT2D eigenvalue weighted by Gasteiger charge is 2.32. The van der Waals surface area contributed by atoms with E-state index in [0.717, 1.165) is 0 Å². The quantitative estimate of drug-likeness (QED) is 0.779. The monoisotopic (exact) mass is 201 g/mol. The van der Waals surface area contributed by atoms with Gasteiger partial charge in [-0.2, -0.15) is 0 Å². The summed E-state index contributed by atoms with van der Waals surface area (Å²) < 4.78 is 26.1. The summed E-state index contributed by atoms with van der Waals surface area (Å²) in [5.41, 5.74) is 3.60. The predicted molar refractivity (Wildman–Crippen MR) is 49.9 cm³/mol. The Hall–Kier alpha value is -1.00. The van der Waals surface area contributed by atoms with Crippen molar-refractivity contribution in [2.24, 2.45) is 5.73 Å². The minimum Gasteiger partial charge on any atom is -0.385 e. The molecule has 0 saturated carbocycles. The van der Waals surface area contributed by atoms with Crippen LogP contribution in [0.2, 0.25) is 0 Å². The zero-order chi connectivity index (χ0) is 10.8. The molecule has 78 valence electrons. The van der Waals surface area contributed by atoms with Gasteiger partial charge in [-0.3, -0.25) is 0 Å². The molecule has 0 fully saturated rings. The van der Waals surface area contributed by atoms with Gasteiger partial charge in [0.25, 0.3) is 0 Å². The number of alkyl halides is 1. The van der Waals surface area contributed by atoms with Gasteiger partial charge >= 0.3 is 0 Å². The van der Waals surface area contributed by atoms with Gasteiger partial charge in [-0.15, -0.1) is 0 Å². The van der Waals surface area contributed by atoms with Gasteiger partial charge in [0.2, 0.25) is 0 Å². The number of hydrogen-bond acceptors (Lipinski definition) is 2. The van der Waals surface area contributed by atoms with Gasteiger partial charge in [0, 0.05) is 6.54 Å². The molecule has 2 nitrogen and oxygen atoms in total. The van der Waals surface area contributed by atoms with Crippen LogP contribution in [0.3, 0.4) is 0 Å². The molecule has 14 heavy (non-hydrogen) atoms. The number of halogens is 2. The van der Waals surface area contributed by atoms with Gasteiger partial charge in [-0.25, -0.2) is 8.78 Å². The van der Waals surface area contributed by atoms with Crippen molar-refractivity contribution in [1.82, 2.24) is 0 Å². The lowest BCUT2D eigenvalue weighted by Gasteiger charge is -2.24. The Labute approximate surface area is 81.4 Å². The number of aliphatic hydroxyl groups excluding tert-OH is 1. The maximum absolute atomic E-state index is 13.5. The molecule has 2 atom stereocenters. The summed E-state index contributed by atoms with van der Waals surface area (Å²) in [6.07, 6.45) is -1.33. The third kappa shape index (κ3) is 2.27. The van der Waals surface area contributed by atoms with E-state index >= 15 is 0 Å². The standard InChI is InChI=1S/C10H13F2NO/c1-10(12,6-13)9(14)7-2-4-8(11)5-3-7/h2-5,9,14H,6,13H2,1H3. The molecular formula is C10H13F2NO. The van der Waals surface area contributed by atoms with Gasteiger partial charge in [-0.1, -0.05) is 12.1 Å². The van der Waals surface area contributed by atoms with E-state index in [1.807, 2.05) is 0 Å². The Morgan fingerprint density at radius 3 is 2.36 bits per heavy atom. The Bertz CT molecular complexity index is 297. The van der Waals surface area contributed by atoms with Crippen LogP contribution in [0.4, 0.5) is 8.78 Å². The Balaban J connectivity index is 2.89. The van der Waals surface area contributed by atoms with Crippen LogP contribution in [0.25, 0.3) is 0 Å². The van der Waals surface area contributed by atoms with Crippen LogP contribution < -0.4 is 5.73 Å². The molecule has 0 bridgehead atoms. The summed E-state index contributed by atoms with van der Waals surface area (Å²) in [4.78, 5) is 0. The molecule has 0 heterocycles. The maximum atomic E-state index is 13.5. The number of benzene rings is 1. The van der Waals surface area contributed by atoms with E-state index in [-0.39, 0.29) is 6.54 Å². The topological polar surface area (TPSA) is 46.2 Å². The molecule has 3 N–H and O–H groups in total. The van der Waals surface area contributed by atoms with Crippen LogP contribution in [0.5, 0.6) is 0 Å². The van der Waals surface area contributed by atoms with E-state index in [0.29, 0.717) is 5.56 Å². The fourth-order valence-electron chi connectivity index (χ4n) is 1.10. The van der Waals surface area contributed by atoms with Crippen LogP contribution in [-0.4, -0.2) is 17.3 Å². The van der Waals surface area contributed by atoms with Crippen molar-refractivity contribution >= 4 is 0 Å². The first kappa shape index (κ1) is 11.1. The van der Waals surface area contributed by atoms with Crippen molar-refractivity contribution in [1.29, 1.82) is 0 Å². The zero-order valence-corrected chi connectivity index (χ0v) is 7.87. The maximum Gasteiger partial charge on any atom is 0.150 e. The normalized spacial score (nSPS) is 17.5. The highest BCUT2D eigenvalue weighted by Crippen LogP contribution is 2.28. The smallest absolute Gasteiger partial charge is 0.150 e. The van der Waals surface area contributed by atoms with Gasteiger partial charge in [0.1, 0.15) is 17.6 Å². The average molecular weight is 201 g/mol. The molecule has 0 saturated heterocycles. The molecule has 1 aromatic rings. The van der Waals surface area contributed by atoms with Crippen molar-refractivity contribution in [2.75, 3.05) is 6.54 Å². The van der Waals surface area contributed by atoms with Crippen LogP contribution in [0, 0.1) is 5.82 Å². The number of nitrogens with two attached hydrogens (primary N) is 1. The Morgan fingerprint density at radius 1 is 1.43 bits per heavy atom. The summed E-state index contributed by atoms with van der Waals surface area (Å²) in [5, 5.41) is 9.56. The number of hydrogen-bond donors (Lipinski definition) is 2. The molecule has 0 spiro atoms. The van der Waals surface area contributed by atoms with Crippen LogP contribution >= 0.6 is 0 Å². The lowest BCUT2D eigenvalue weighted by molar-refractivity contribution is 0.00899. The average Bonchev–Trinajstić information content (AvgIpc) is 2.18. The molecule has 1 aromatic carbocycles. The van der Waals surface area contributed by atoms with Crippen molar-refractivity contribution in [3.8, 4) is 0 Å². The highest BCUT2D eigenvalue weighted by atomic mass is 19.1. The fraction of sp³-hybridized carbons (Fsp3) is 0.400. The third-order valence-corrected chi connectivity index (χ3v) is 2.16. The zero-order valence-electron chi connectivity index (χ0n) is 7.87. The second-order valence-corrected chi connectivity index (χ2v) is 3.44. The van der Waals surface area contributed by atoms with Crippen molar-refractivity contribution in [2.45, 2.75) is 18.7 Å². The summed E-state index contributed by atoms with van der Waals surface area (Å²) in [6.45, 7) is 0.923. The largest absolute Gasteiger partial charge is 0.385 e. The van der Waals surface area contributed by atoms with E-state index in [9.17, 15) is 13.9 Å². The molecule has 4 heteroatoms. The van der Waals surface area contributed by atoms with E-state index in [1.165, 1.54) is 31.2 Å². The number of aliphatic hydroxyl groups is 1. The van der Waals surface area contributed by atoms with Crippen molar-refractivity contribution < 1.29 is 13.9 Å². The summed E-state index contributed by atoms with van der Waals surface area (Å²) in [5.74, 6) is -0.422. The lowest BCUT2D eigenvalue weighted by atomic mass is 9.95. The fourth-order valence-corrected chi connectivity index (χ4v) is 1.10. The van der Waals surface area contributed by atoms with E-state index in [2.05, 4.69) is 0 Å². The molecular weight excluding hydrogens is 188 g/mol. The first-order valence-corrected chi connectivity index (χ1v) is 4.30. The van der Waals surface area contributed by atoms with Gasteiger partial charge < -0.3 is 10.8 Å². The second-order valence-electron chi connectivity index (χ2n) is 3.44. The van der Waals surface area contributed by atoms with Crippen LogP contribution in [0.15, 0.2) is 24.3 Å². The molecule has 0 amide bonds. The molecule has 0 aromatic heterocycles. The number of rotatable bonds is 3.